The molecule has 0 spiro atoms. The van der Waals surface area contributed by atoms with Crippen LogP contribution in [0, 0.1) is 5.82 Å². The second-order valence-electron chi connectivity index (χ2n) is 6.25. The van der Waals surface area contributed by atoms with Crippen LogP contribution in [0.5, 0.6) is 0 Å². The number of anilines is 2. The Hall–Kier alpha value is -1.86. The Morgan fingerprint density at radius 2 is 1.92 bits per heavy atom. The number of ether oxygens (including phenoxy) is 1. The van der Waals surface area contributed by atoms with Crippen molar-refractivity contribution in [2.45, 2.75) is 37.5 Å². The van der Waals surface area contributed by atoms with E-state index in [0.29, 0.717) is 31.3 Å². The summed E-state index contributed by atoms with van der Waals surface area (Å²) in [6, 6.07) is 5.35. The molecule has 2 unspecified atom stereocenters. The van der Waals surface area contributed by atoms with Gasteiger partial charge in [-0.1, -0.05) is 6.07 Å². The molecule has 5 nitrogen and oxygen atoms in total. The number of aromatic nitrogens is 2. The number of hydrogen-bond donors (Lipinski definition) is 1. The highest BCUT2D eigenvalue weighted by Crippen LogP contribution is 2.24. The van der Waals surface area contributed by atoms with Gasteiger partial charge in [0.25, 0.3) is 0 Å². The average molecular weight is 362 g/mol. The van der Waals surface area contributed by atoms with Crippen LogP contribution in [0.1, 0.15) is 19.4 Å². The summed E-state index contributed by atoms with van der Waals surface area (Å²) in [6.45, 7) is 5.91. The van der Waals surface area contributed by atoms with Crippen LogP contribution in [0.4, 0.5) is 16.0 Å². The molecule has 0 bridgehead atoms. The molecule has 7 heteroatoms. The van der Waals surface area contributed by atoms with Crippen molar-refractivity contribution >= 4 is 23.4 Å². The molecule has 3 rings (SSSR count). The smallest absolute Gasteiger partial charge is 0.222 e. The van der Waals surface area contributed by atoms with Gasteiger partial charge >= 0.3 is 0 Å². The fourth-order valence-corrected chi connectivity index (χ4v) is 3.30. The molecule has 1 aromatic carbocycles. The number of rotatable bonds is 5. The molecule has 2 aromatic rings. The van der Waals surface area contributed by atoms with Crippen molar-refractivity contribution in [3.05, 3.63) is 42.0 Å². The lowest BCUT2D eigenvalue weighted by Gasteiger charge is -2.37. The molecule has 0 saturated carbocycles. The van der Waals surface area contributed by atoms with Gasteiger partial charge in [-0.25, -0.2) is 14.4 Å². The number of halogens is 1. The number of thioether (sulfide) groups is 1. The Kier molecular flexibility index (Phi) is 5.75. The Morgan fingerprint density at radius 1 is 1.24 bits per heavy atom. The van der Waals surface area contributed by atoms with E-state index in [-0.39, 0.29) is 18.0 Å². The number of nitrogens with one attached hydrogen (secondary N) is 1. The lowest BCUT2D eigenvalue weighted by molar-refractivity contribution is -0.00539. The number of hydrogen-bond acceptors (Lipinski definition) is 6. The minimum atomic E-state index is -0.209. The fraction of sp³-hybridized carbons (Fsp3) is 0.444. The van der Waals surface area contributed by atoms with Crippen LogP contribution in [0.3, 0.4) is 0 Å². The zero-order valence-corrected chi connectivity index (χ0v) is 15.5. The zero-order valence-electron chi connectivity index (χ0n) is 14.7. The SMILES string of the molecule is CSc1cnc(NCc2ccc(N3CC(C)OC(C)C3)c(F)c2)nc1. The normalized spacial score (nSPS) is 20.6. The summed E-state index contributed by atoms with van der Waals surface area (Å²) in [5, 5.41) is 3.12. The second-order valence-corrected chi connectivity index (χ2v) is 7.13. The predicted molar refractivity (Wildman–Crippen MR) is 99.8 cm³/mol. The van der Waals surface area contributed by atoms with E-state index in [2.05, 4.69) is 20.2 Å². The Balaban J connectivity index is 1.65. The summed E-state index contributed by atoms with van der Waals surface area (Å²) < 4.78 is 20.3. The molecule has 1 fully saturated rings. The van der Waals surface area contributed by atoms with Gasteiger partial charge in [0.05, 0.1) is 17.9 Å². The summed E-state index contributed by atoms with van der Waals surface area (Å²) >= 11 is 1.59. The van der Waals surface area contributed by atoms with Gasteiger partial charge in [0.2, 0.25) is 5.95 Å². The maximum absolute atomic E-state index is 14.6. The third kappa shape index (κ3) is 4.61. The van der Waals surface area contributed by atoms with E-state index >= 15 is 0 Å². The maximum Gasteiger partial charge on any atom is 0.222 e. The van der Waals surface area contributed by atoms with Gasteiger partial charge in [0.15, 0.2) is 0 Å². The quantitative estimate of drug-likeness (QED) is 0.821. The molecular formula is C18H23FN4OS. The van der Waals surface area contributed by atoms with Crippen molar-refractivity contribution in [1.82, 2.24) is 9.97 Å². The highest BCUT2D eigenvalue weighted by molar-refractivity contribution is 7.98. The Labute approximate surface area is 152 Å². The first-order chi connectivity index (χ1) is 12.0. The summed E-state index contributed by atoms with van der Waals surface area (Å²) in [4.78, 5) is 11.5. The van der Waals surface area contributed by atoms with Gasteiger partial charge < -0.3 is 15.0 Å². The van der Waals surface area contributed by atoms with Crippen molar-refractivity contribution in [1.29, 1.82) is 0 Å². The van der Waals surface area contributed by atoms with Crippen LogP contribution in [0.15, 0.2) is 35.5 Å². The molecule has 1 aromatic heterocycles. The van der Waals surface area contributed by atoms with Gasteiger partial charge in [-0.05, 0) is 37.8 Å². The van der Waals surface area contributed by atoms with Crippen LogP contribution >= 0.6 is 11.8 Å². The maximum atomic E-state index is 14.6. The van der Waals surface area contributed by atoms with Crippen LogP contribution in [-0.4, -0.2) is 41.5 Å². The first-order valence-corrected chi connectivity index (χ1v) is 9.56. The van der Waals surface area contributed by atoms with Crippen molar-refractivity contribution in [3.63, 3.8) is 0 Å². The van der Waals surface area contributed by atoms with Crippen molar-refractivity contribution < 1.29 is 9.13 Å². The van der Waals surface area contributed by atoms with E-state index in [0.717, 1.165) is 10.5 Å². The monoisotopic (exact) mass is 362 g/mol. The first kappa shape index (κ1) is 17.9. The van der Waals surface area contributed by atoms with Gasteiger partial charge in [-0.2, -0.15) is 0 Å². The van der Waals surface area contributed by atoms with E-state index in [1.807, 2.05) is 32.2 Å². The molecule has 1 aliphatic rings. The molecule has 25 heavy (non-hydrogen) atoms. The third-order valence-electron chi connectivity index (χ3n) is 4.09. The lowest BCUT2D eigenvalue weighted by Crippen LogP contribution is -2.45. The van der Waals surface area contributed by atoms with Crippen LogP contribution in [0.25, 0.3) is 0 Å². The molecule has 0 radical (unpaired) electrons. The van der Waals surface area contributed by atoms with Gasteiger partial charge in [-0.3, -0.25) is 0 Å². The molecule has 1 aliphatic heterocycles. The summed E-state index contributed by atoms with van der Waals surface area (Å²) in [5.41, 5.74) is 1.49. The summed E-state index contributed by atoms with van der Waals surface area (Å²) in [6.07, 6.45) is 5.72. The van der Waals surface area contributed by atoms with Crippen LogP contribution in [0.2, 0.25) is 0 Å². The summed E-state index contributed by atoms with van der Waals surface area (Å²) in [7, 11) is 0. The third-order valence-corrected chi connectivity index (χ3v) is 4.77. The number of nitrogens with zero attached hydrogens (tertiary/aromatic N) is 3. The summed E-state index contributed by atoms with van der Waals surface area (Å²) in [5.74, 6) is 0.331. The molecule has 0 aliphatic carbocycles. The molecule has 2 heterocycles. The minimum Gasteiger partial charge on any atom is -0.372 e. The van der Waals surface area contributed by atoms with E-state index in [4.69, 9.17) is 4.74 Å². The van der Waals surface area contributed by atoms with Gasteiger partial charge in [-0.15, -0.1) is 11.8 Å². The van der Waals surface area contributed by atoms with E-state index in [1.165, 1.54) is 0 Å². The standard InChI is InChI=1S/C18H23FN4OS/c1-12-10-23(11-13(2)24-12)17-5-4-14(6-16(17)19)7-20-18-21-8-15(25-3)9-22-18/h4-6,8-9,12-13H,7,10-11H2,1-3H3,(H,20,21,22). The molecule has 2 atom stereocenters. The lowest BCUT2D eigenvalue weighted by atomic mass is 10.1. The van der Waals surface area contributed by atoms with Crippen molar-refractivity contribution in [3.8, 4) is 0 Å². The van der Waals surface area contributed by atoms with Crippen molar-refractivity contribution in [2.75, 3.05) is 29.6 Å². The fourth-order valence-electron chi connectivity index (χ4n) is 2.99. The van der Waals surface area contributed by atoms with E-state index in [1.54, 1.807) is 30.2 Å². The molecule has 1 saturated heterocycles. The minimum absolute atomic E-state index is 0.103. The highest BCUT2D eigenvalue weighted by atomic mass is 32.2. The first-order valence-electron chi connectivity index (χ1n) is 8.34. The van der Waals surface area contributed by atoms with Crippen LogP contribution in [-0.2, 0) is 11.3 Å². The van der Waals surface area contributed by atoms with Gasteiger partial charge in [0.1, 0.15) is 5.82 Å². The predicted octanol–water partition coefficient (Wildman–Crippen LogP) is 3.56. The molecular weight excluding hydrogens is 339 g/mol. The zero-order chi connectivity index (χ0) is 17.8. The Bertz CT molecular complexity index is 703. The largest absolute Gasteiger partial charge is 0.372 e. The topological polar surface area (TPSA) is 50.3 Å². The van der Waals surface area contributed by atoms with Crippen molar-refractivity contribution in [2.24, 2.45) is 0 Å². The average Bonchev–Trinajstić information content (AvgIpc) is 2.59. The number of benzene rings is 1. The highest BCUT2D eigenvalue weighted by Gasteiger charge is 2.24. The van der Waals surface area contributed by atoms with E-state index in [9.17, 15) is 4.39 Å². The molecule has 1 N–H and O–H groups in total. The van der Waals surface area contributed by atoms with E-state index < -0.39 is 0 Å². The number of morpholine rings is 1. The molecule has 134 valence electrons. The van der Waals surface area contributed by atoms with Crippen LogP contribution < -0.4 is 10.2 Å². The second kappa shape index (κ2) is 8.01. The van der Waals surface area contributed by atoms with Gasteiger partial charge in [0, 0.05) is 36.9 Å². The molecule has 0 amide bonds. The Morgan fingerprint density at radius 3 is 2.52 bits per heavy atom.